The maximum absolute atomic E-state index is 12.3. The third kappa shape index (κ3) is 4.58. The maximum atomic E-state index is 12.3. The molecule has 1 amide bonds. The second-order valence-corrected chi connectivity index (χ2v) is 7.29. The minimum Gasteiger partial charge on any atom is -0.372 e. The lowest BCUT2D eigenvalue weighted by Crippen LogP contribution is -2.21. The number of carbonyl (C=O) groups is 1. The van der Waals surface area contributed by atoms with Gasteiger partial charge in [0.25, 0.3) is 5.91 Å². The maximum Gasteiger partial charge on any atom is 0.255 e. The monoisotopic (exact) mass is 361 g/mol. The SMILES string of the molecule is CCN(CC)c1ccc(NC(=O)c2ccc(S(=O)(=O)NC)cc2)cc1. The zero-order chi connectivity index (χ0) is 18.4. The Morgan fingerprint density at radius 3 is 2.00 bits per heavy atom. The Hall–Kier alpha value is -2.38. The summed E-state index contributed by atoms with van der Waals surface area (Å²) < 4.78 is 25.6. The average molecular weight is 361 g/mol. The van der Waals surface area contributed by atoms with Crippen molar-refractivity contribution in [3.05, 3.63) is 54.1 Å². The van der Waals surface area contributed by atoms with Gasteiger partial charge in [0.05, 0.1) is 4.90 Å². The van der Waals surface area contributed by atoms with E-state index in [4.69, 9.17) is 0 Å². The molecule has 25 heavy (non-hydrogen) atoms. The van der Waals surface area contributed by atoms with E-state index >= 15 is 0 Å². The van der Waals surface area contributed by atoms with Gasteiger partial charge in [-0.25, -0.2) is 13.1 Å². The van der Waals surface area contributed by atoms with Crippen molar-refractivity contribution in [3.63, 3.8) is 0 Å². The lowest BCUT2D eigenvalue weighted by atomic mass is 10.2. The van der Waals surface area contributed by atoms with Crippen LogP contribution in [0.1, 0.15) is 24.2 Å². The fraction of sp³-hybridized carbons (Fsp3) is 0.278. The van der Waals surface area contributed by atoms with E-state index in [2.05, 4.69) is 28.8 Å². The Morgan fingerprint density at radius 1 is 0.960 bits per heavy atom. The van der Waals surface area contributed by atoms with Gasteiger partial charge in [-0.2, -0.15) is 0 Å². The molecule has 2 rings (SSSR count). The van der Waals surface area contributed by atoms with Crippen LogP contribution in [0.5, 0.6) is 0 Å². The Bertz CT molecular complexity index is 812. The second kappa shape index (κ2) is 8.13. The van der Waals surface area contributed by atoms with Crippen LogP contribution < -0.4 is 14.9 Å². The fourth-order valence-corrected chi connectivity index (χ4v) is 3.18. The minimum absolute atomic E-state index is 0.120. The van der Waals surface area contributed by atoms with Gasteiger partial charge in [0.15, 0.2) is 0 Å². The van der Waals surface area contributed by atoms with Crippen molar-refractivity contribution >= 4 is 27.3 Å². The molecule has 7 heteroatoms. The van der Waals surface area contributed by atoms with Gasteiger partial charge in [-0.3, -0.25) is 4.79 Å². The first kappa shape index (κ1) is 19.0. The topological polar surface area (TPSA) is 78.5 Å². The number of hydrogen-bond donors (Lipinski definition) is 2. The molecular formula is C18H23N3O3S. The van der Waals surface area contributed by atoms with Crippen molar-refractivity contribution in [2.75, 3.05) is 30.4 Å². The third-order valence-electron chi connectivity index (χ3n) is 3.95. The van der Waals surface area contributed by atoms with Gasteiger partial charge in [0.1, 0.15) is 0 Å². The fourth-order valence-electron chi connectivity index (χ4n) is 2.45. The van der Waals surface area contributed by atoms with Gasteiger partial charge in [-0.15, -0.1) is 0 Å². The van der Waals surface area contributed by atoms with Crippen molar-refractivity contribution in [2.24, 2.45) is 0 Å². The lowest BCUT2D eigenvalue weighted by molar-refractivity contribution is 0.102. The summed E-state index contributed by atoms with van der Waals surface area (Å²) in [5, 5.41) is 2.81. The second-order valence-electron chi connectivity index (χ2n) is 5.41. The molecule has 0 aliphatic heterocycles. The lowest BCUT2D eigenvalue weighted by Gasteiger charge is -2.21. The zero-order valence-corrected chi connectivity index (χ0v) is 15.4. The van der Waals surface area contributed by atoms with Crippen molar-refractivity contribution in [2.45, 2.75) is 18.7 Å². The Kier molecular flexibility index (Phi) is 6.17. The summed E-state index contributed by atoms with van der Waals surface area (Å²) >= 11 is 0. The molecule has 0 saturated carbocycles. The normalized spacial score (nSPS) is 11.2. The first-order valence-electron chi connectivity index (χ1n) is 8.11. The summed E-state index contributed by atoms with van der Waals surface area (Å²) in [4.78, 5) is 14.6. The van der Waals surface area contributed by atoms with Crippen LogP contribution in [0.2, 0.25) is 0 Å². The molecule has 0 aromatic heterocycles. The number of anilines is 2. The predicted molar refractivity (Wildman–Crippen MR) is 101 cm³/mol. The zero-order valence-electron chi connectivity index (χ0n) is 14.6. The highest BCUT2D eigenvalue weighted by molar-refractivity contribution is 7.89. The van der Waals surface area contributed by atoms with E-state index in [9.17, 15) is 13.2 Å². The van der Waals surface area contributed by atoms with Gasteiger partial charge in [-0.05, 0) is 69.4 Å². The van der Waals surface area contributed by atoms with Crippen LogP contribution >= 0.6 is 0 Å². The number of nitrogens with one attached hydrogen (secondary N) is 2. The van der Waals surface area contributed by atoms with Crippen LogP contribution in [0, 0.1) is 0 Å². The summed E-state index contributed by atoms with van der Waals surface area (Å²) in [7, 11) is -2.16. The Labute approximate surface area is 148 Å². The highest BCUT2D eigenvalue weighted by Gasteiger charge is 2.13. The van der Waals surface area contributed by atoms with E-state index in [1.165, 1.54) is 31.3 Å². The van der Waals surface area contributed by atoms with Crippen molar-refractivity contribution < 1.29 is 13.2 Å². The van der Waals surface area contributed by atoms with E-state index in [-0.39, 0.29) is 10.8 Å². The predicted octanol–water partition coefficient (Wildman–Crippen LogP) is 2.69. The molecule has 0 spiro atoms. The van der Waals surface area contributed by atoms with Crippen LogP contribution in [-0.4, -0.2) is 34.5 Å². The van der Waals surface area contributed by atoms with Crippen molar-refractivity contribution in [1.29, 1.82) is 0 Å². The molecule has 0 fully saturated rings. The summed E-state index contributed by atoms with van der Waals surface area (Å²) in [6, 6.07) is 13.4. The van der Waals surface area contributed by atoms with E-state index < -0.39 is 10.0 Å². The standard InChI is InChI=1S/C18H23N3O3S/c1-4-21(5-2)16-10-8-15(9-11-16)20-18(22)14-6-12-17(13-7-14)25(23,24)19-3/h6-13,19H,4-5H2,1-3H3,(H,20,22). The molecule has 2 aromatic rings. The number of amides is 1. The summed E-state index contributed by atoms with van der Waals surface area (Å²) in [6.45, 7) is 6.03. The van der Waals surface area contributed by atoms with E-state index in [1.54, 1.807) is 0 Å². The van der Waals surface area contributed by atoms with Crippen LogP contribution in [0.4, 0.5) is 11.4 Å². The Balaban J connectivity index is 2.09. The van der Waals surface area contributed by atoms with Crippen LogP contribution in [-0.2, 0) is 10.0 Å². The van der Waals surface area contributed by atoms with E-state index in [1.807, 2.05) is 24.3 Å². The molecule has 0 aliphatic rings. The molecule has 2 N–H and O–H groups in total. The summed E-state index contributed by atoms with van der Waals surface area (Å²) in [5.74, 6) is -0.288. The summed E-state index contributed by atoms with van der Waals surface area (Å²) in [5.41, 5.74) is 2.18. The van der Waals surface area contributed by atoms with Gasteiger partial charge in [0.2, 0.25) is 10.0 Å². The number of sulfonamides is 1. The molecule has 0 atom stereocenters. The van der Waals surface area contributed by atoms with Gasteiger partial charge in [0, 0.05) is 30.0 Å². The Morgan fingerprint density at radius 2 is 1.52 bits per heavy atom. The third-order valence-corrected chi connectivity index (χ3v) is 5.38. The molecule has 6 nitrogen and oxygen atoms in total. The van der Waals surface area contributed by atoms with Crippen LogP contribution in [0.3, 0.4) is 0 Å². The van der Waals surface area contributed by atoms with Gasteiger partial charge in [-0.1, -0.05) is 0 Å². The quantitative estimate of drug-likeness (QED) is 0.795. The molecule has 2 aromatic carbocycles. The first-order valence-corrected chi connectivity index (χ1v) is 9.59. The molecule has 0 heterocycles. The molecule has 0 unspecified atom stereocenters. The number of benzene rings is 2. The van der Waals surface area contributed by atoms with E-state index in [0.29, 0.717) is 11.3 Å². The smallest absolute Gasteiger partial charge is 0.255 e. The van der Waals surface area contributed by atoms with Gasteiger partial charge < -0.3 is 10.2 Å². The number of hydrogen-bond acceptors (Lipinski definition) is 4. The summed E-state index contributed by atoms with van der Waals surface area (Å²) in [6.07, 6.45) is 0. The van der Waals surface area contributed by atoms with Crippen LogP contribution in [0.15, 0.2) is 53.4 Å². The molecule has 0 bridgehead atoms. The number of carbonyl (C=O) groups excluding carboxylic acids is 1. The molecule has 0 radical (unpaired) electrons. The molecule has 134 valence electrons. The molecule has 0 aliphatic carbocycles. The highest BCUT2D eigenvalue weighted by Crippen LogP contribution is 2.18. The molecular weight excluding hydrogens is 338 g/mol. The van der Waals surface area contributed by atoms with Crippen molar-refractivity contribution in [3.8, 4) is 0 Å². The van der Waals surface area contributed by atoms with Gasteiger partial charge >= 0.3 is 0 Å². The minimum atomic E-state index is -3.50. The number of rotatable bonds is 7. The van der Waals surface area contributed by atoms with E-state index in [0.717, 1.165) is 18.8 Å². The first-order chi connectivity index (χ1) is 11.9. The molecule has 0 saturated heterocycles. The van der Waals surface area contributed by atoms with Crippen LogP contribution in [0.25, 0.3) is 0 Å². The largest absolute Gasteiger partial charge is 0.372 e. The van der Waals surface area contributed by atoms with Crippen molar-refractivity contribution in [1.82, 2.24) is 4.72 Å². The average Bonchev–Trinajstić information content (AvgIpc) is 2.64. The highest BCUT2D eigenvalue weighted by atomic mass is 32.2. The number of nitrogens with zero attached hydrogens (tertiary/aromatic N) is 1.